The smallest absolute Gasteiger partial charge is 0.213 e. The maximum absolute atomic E-state index is 11.7. The van der Waals surface area contributed by atoms with Crippen LogP contribution in [0.15, 0.2) is 18.2 Å². The summed E-state index contributed by atoms with van der Waals surface area (Å²) in [6.45, 7) is 1.90. The molecule has 1 aromatic rings. The third-order valence-electron chi connectivity index (χ3n) is 2.73. The molecule has 0 fully saturated rings. The highest BCUT2D eigenvalue weighted by Crippen LogP contribution is 2.25. The van der Waals surface area contributed by atoms with E-state index in [2.05, 4.69) is 0 Å². The van der Waals surface area contributed by atoms with E-state index in [9.17, 15) is 8.42 Å². The molecule has 0 aromatic heterocycles. The van der Waals surface area contributed by atoms with E-state index in [4.69, 9.17) is 9.47 Å². The largest absolute Gasteiger partial charge is 0.497 e. The monoisotopic (exact) mass is 273 g/mol. The first kappa shape index (κ1) is 14.8. The molecule has 0 spiro atoms. The molecule has 0 unspecified atom stereocenters. The van der Waals surface area contributed by atoms with Crippen molar-refractivity contribution in [2.24, 2.45) is 0 Å². The van der Waals surface area contributed by atoms with E-state index in [0.717, 1.165) is 5.56 Å². The normalized spacial score (nSPS) is 11.6. The highest BCUT2D eigenvalue weighted by Gasteiger charge is 2.17. The minimum atomic E-state index is -3.19. The van der Waals surface area contributed by atoms with Crippen LogP contribution in [0.2, 0.25) is 0 Å². The van der Waals surface area contributed by atoms with Gasteiger partial charge in [0.2, 0.25) is 10.0 Å². The van der Waals surface area contributed by atoms with Gasteiger partial charge in [0.05, 0.1) is 20.0 Å². The van der Waals surface area contributed by atoms with E-state index in [1.807, 2.05) is 0 Å². The van der Waals surface area contributed by atoms with Gasteiger partial charge in [-0.15, -0.1) is 0 Å². The van der Waals surface area contributed by atoms with Crippen LogP contribution in [0.25, 0.3) is 0 Å². The molecule has 0 saturated carbocycles. The van der Waals surface area contributed by atoms with Crippen molar-refractivity contribution in [3.8, 4) is 11.5 Å². The SMILES string of the molecule is CCS(=O)(=O)N(C)Cc1ccc(OC)cc1OC. The van der Waals surface area contributed by atoms with Gasteiger partial charge in [-0.05, 0) is 13.0 Å². The van der Waals surface area contributed by atoms with Crippen LogP contribution in [0, 0.1) is 0 Å². The van der Waals surface area contributed by atoms with E-state index in [1.165, 1.54) is 4.31 Å². The highest BCUT2D eigenvalue weighted by atomic mass is 32.2. The maximum atomic E-state index is 11.7. The van der Waals surface area contributed by atoms with Crippen molar-refractivity contribution in [2.75, 3.05) is 27.0 Å². The van der Waals surface area contributed by atoms with Gasteiger partial charge in [-0.1, -0.05) is 6.07 Å². The number of hydrogen-bond donors (Lipinski definition) is 0. The lowest BCUT2D eigenvalue weighted by Gasteiger charge is -2.18. The lowest BCUT2D eigenvalue weighted by molar-refractivity contribution is 0.384. The van der Waals surface area contributed by atoms with Crippen LogP contribution >= 0.6 is 0 Å². The summed E-state index contributed by atoms with van der Waals surface area (Å²) < 4.78 is 35.0. The van der Waals surface area contributed by atoms with Gasteiger partial charge in [0.15, 0.2) is 0 Å². The Bertz CT molecular complexity index is 499. The second kappa shape index (κ2) is 6.06. The molecule has 1 rings (SSSR count). The number of methoxy groups -OCH3 is 2. The van der Waals surface area contributed by atoms with E-state index >= 15 is 0 Å². The minimum absolute atomic E-state index is 0.0853. The number of nitrogens with zero attached hydrogens (tertiary/aromatic N) is 1. The first-order valence-corrected chi connectivity index (χ1v) is 7.20. The molecule has 18 heavy (non-hydrogen) atoms. The van der Waals surface area contributed by atoms with Gasteiger partial charge >= 0.3 is 0 Å². The molecule has 6 heteroatoms. The molecule has 0 amide bonds. The number of hydrogen-bond acceptors (Lipinski definition) is 4. The van der Waals surface area contributed by atoms with Gasteiger partial charge in [0.1, 0.15) is 11.5 Å². The molecular weight excluding hydrogens is 254 g/mol. The van der Waals surface area contributed by atoms with Gasteiger partial charge in [-0.25, -0.2) is 12.7 Å². The average Bonchev–Trinajstić information content (AvgIpc) is 2.38. The Balaban J connectivity index is 2.97. The predicted molar refractivity (Wildman–Crippen MR) is 70.5 cm³/mol. The molecule has 0 aliphatic carbocycles. The molecule has 0 heterocycles. The first-order chi connectivity index (χ1) is 8.44. The summed E-state index contributed by atoms with van der Waals surface area (Å²) in [6.07, 6.45) is 0. The summed E-state index contributed by atoms with van der Waals surface area (Å²) in [5.74, 6) is 1.38. The van der Waals surface area contributed by atoms with Gasteiger partial charge < -0.3 is 9.47 Å². The standard InChI is InChI=1S/C12H19NO4S/c1-5-18(14,15)13(2)9-10-6-7-11(16-3)8-12(10)17-4/h6-8H,5,9H2,1-4H3. The lowest BCUT2D eigenvalue weighted by Crippen LogP contribution is -2.28. The third kappa shape index (κ3) is 3.36. The Hall–Kier alpha value is -1.27. The van der Waals surface area contributed by atoms with Crippen molar-refractivity contribution < 1.29 is 17.9 Å². The summed E-state index contributed by atoms with van der Waals surface area (Å²) in [6, 6.07) is 5.32. The van der Waals surface area contributed by atoms with E-state index in [-0.39, 0.29) is 12.3 Å². The van der Waals surface area contributed by atoms with Crippen LogP contribution in [0.3, 0.4) is 0 Å². The van der Waals surface area contributed by atoms with Crippen LogP contribution in [0.1, 0.15) is 12.5 Å². The minimum Gasteiger partial charge on any atom is -0.497 e. The summed E-state index contributed by atoms with van der Waals surface area (Å²) in [4.78, 5) is 0. The fraction of sp³-hybridized carbons (Fsp3) is 0.500. The average molecular weight is 273 g/mol. The Morgan fingerprint density at radius 3 is 2.39 bits per heavy atom. The quantitative estimate of drug-likeness (QED) is 0.788. The Morgan fingerprint density at radius 1 is 1.22 bits per heavy atom. The van der Waals surface area contributed by atoms with Crippen molar-refractivity contribution in [1.82, 2.24) is 4.31 Å². The zero-order valence-corrected chi connectivity index (χ0v) is 12.0. The Kier molecular flexibility index (Phi) is 4.98. The number of ether oxygens (including phenoxy) is 2. The Labute approximate surface area is 108 Å². The molecule has 0 N–H and O–H groups in total. The van der Waals surface area contributed by atoms with Crippen molar-refractivity contribution >= 4 is 10.0 Å². The van der Waals surface area contributed by atoms with Crippen LogP contribution in [-0.2, 0) is 16.6 Å². The molecule has 0 saturated heterocycles. The number of benzene rings is 1. The van der Waals surface area contributed by atoms with Gasteiger partial charge in [0.25, 0.3) is 0 Å². The number of rotatable bonds is 6. The van der Waals surface area contributed by atoms with Crippen LogP contribution in [0.4, 0.5) is 0 Å². The first-order valence-electron chi connectivity index (χ1n) is 5.59. The number of sulfonamides is 1. The second-order valence-corrected chi connectivity index (χ2v) is 6.20. The zero-order chi connectivity index (χ0) is 13.8. The van der Waals surface area contributed by atoms with Crippen molar-refractivity contribution in [2.45, 2.75) is 13.5 Å². The van der Waals surface area contributed by atoms with Gasteiger partial charge in [-0.2, -0.15) is 0 Å². The molecule has 0 atom stereocenters. The molecular formula is C12H19NO4S. The summed E-state index contributed by atoms with van der Waals surface area (Å²) in [7, 11) is 1.49. The molecule has 0 radical (unpaired) electrons. The predicted octanol–water partition coefficient (Wildman–Crippen LogP) is 1.49. The zero-order valence-electron chi connectivity index (χ0n) is 11.1. The van der Waals surface area contributed by atoms with Crippen LogP contribution < -0.4 is 9.47 Å². The summed E-state index contributed by atoms with van der Waals surface area (Å²) in [5.41, 5.74) is 0.804. The van der Waals surface area contributed by atoms with E-state index in [1.54, 1.807) is 46.4 Å². The molecule has 5 nitrogen and oxygen atoms in total. The highest BCUT2D eigenvalue weighted by molar-refractivity contribution is 7.89. The van der Waals surface area contributed by atoms with Crippen molar-refractivity contribution in [1.29, 1.82) is 0 Å². The molecule has 0 aliphatic heterocycles. The molecule has 0 aliphatic rings. The van der Waals surface area contributed by atoms with Crippen molar-refractivity contribution in [3.63, 3.8) is 0 Å². The van der Waals surface area contributed by atoms with E-state index in [0.29, 0.717) is 11.5 Å². The topological polar surface area (TPSA) is 55.8 Å². The van der Waals surface area contributed by atoms with Crippen LogP contribution in [0.5, 0.6) is 11.5 Å². The van der Waals surface area contributed by atoms with Gasteiger partial charge in [-0.3, -0.25) is 0 Å². The third-order valence-corrected chi connectivity index (χ3v) is 4.54. The van der Waals surface area contributed by atoms with Gasteiger partial charge in [0, 0.05) is 25.2 Å². The van der Waals surface area contributed by atoms with Crippen molar-refractivity contribution in [3.05, 3.63) is 23.8 Å². The fourth-order valence-corrected chi connectivity index (χ4v) is 2.32. The molecule has 1 aromatic carbocycles. The van der Waals surface area contributed by atoms with E-state index < -0.39 is 10.0 Å². The fourth-order valence-electron chi connectivity index (χ4n) is 1.54. The Morgan fingerprint density at radius 2 is 1.89 bits per heavy atom. The van der Waals surface area contributed by atoms with Crippen LogP contribution in [-0.4, -0.2) is 39.7 Å². The summed E-state index contributed by atoms with van der Waals surface area (Å²) in [5, 5.41) is 0. The molecule has 0 bridgehead atoms. The lowest BCUT2D eigenvalue weighted by atomic mass is 10.2. The second-order valence-electron chi connectivity index (χ2n) is 3.83. The summed E-state index contributed by atoms with van der Waals surface area (Å²) >= 11 is 0. The molecule has 102 valence electrons. The maximum Gasteiger partial charge on any atom is 0.213 e.